The van der Waals surface area contributed by atoms with Crippen LogP contribution in [0.15, 0.2) is 22.6 Å². The van der Waals surface area contributed by atoms with E-state index in [2.05, 4.69) is 0 Å². The van der Waals surface area contributed by atoms with E-state index in [1.165, 1.54) is 0 Å². The lowest BCUT2D eigenvalue weighted by Crippen LogP contribution is -2.16. The summed E-state index contributed by atoms with van der Waals surface area (Å²) in [6, 6.07) is 0.144. The Kier molecular flexibility index (Phi) is 5.19. The summed E-state index contributed by atoms with van der Waals surface area (Å²) in [4.78, 5) is 12.5. The van der Waals surface area contributed by atoms with E-state index in [-0.39, 0.29) is 18.2 Å². The van der Waals surface area contributed by atoms with E-state index in [0.29, 0.717) is 0 Å². The normalized spacial score (nSPS) is 12.5. The maximum Gasteiger partial charge on any atom is 0.416 e. The third-order valence-electron chi connectivity index (χ3n) is 4.15. The van der Waals surface area contributed by atoms with Crippen molar-refractivity contribution in [1.29, 1.82) is 0 Å². The standard InChI is InChI=1S/C18H7F10NO2/c1-5-9(10-11(19)12(20)13(21)14(22)15(10)31-5)16(30)29-8-3-6(17(23,24)25)2-7(4-8)18(26,27)28/h2-4H,1H3,(H,29,30). The highest BCUT2D eigenvalue weighted by molar-refractivity contribution is 6.13. The van der Waals surface area contributed by atoms with Crippen molar-refractivity contribution in [3.8, 4) is 0 Å². The molecule has 1 aromatic heterocycles. The Morgan fingerprint density at radius 2 is 1.29 bits per heavy atom. The minimum Gasteiger partial charge on any atom is -0.457 e. The van der Waals surface area contributed by atoms with Gasteiger partial charge in [0, 0.05) is 5.69 Å². The maximum absolute atomic E-state index is 14.1. The molecular formula is C18H7F10NO2. The molecule has 13 heteroatoms. The quantitative estimate of drug-likeness (QED) is 0.267. The number of carbonyl (C=O) groups excluding carboxylic acids is 1. The highest BCUT2D eigenvalue weighted by Gasteiger charge is 2.37. The van der Waals surface area contributed by atoms with Gasteiger partial charge in [-0.3, -0.25) is 4.79 Å². The van der Waals surface area contributed by atoms with Crippen LogP contribution in [0.5, 0.6) is 0 Å². The van der Waals surface area contributed by atoms with Gasteiger partial charge in [-0.1, -0.05) is 0 Å². The monoisotopic (exact) mass is 459 g/mol. The summed E-state index contributed by atoms with van der Waals surface area (Å²) in [6.07, 6.45) is -10.4. The number of aryl methyl sites for hydroxylation is 1. The molecule has 3 rings (SSSR count). The Morgan fingerprint density at radius 3 is 1.77 bits per heavy atom. The molecule has 0 bridgehead atoms. The third kappa shape index (κ3) is 3.91. The Balaban J connectivity index is 2.15. The fraction of sp³-hybridized carbons (Fsp3) is 0.167. The first-order valence-electron chi connectivity index (χ1n) is 7.98. The van der Waals surface area contributed by atoms with E-state index in [1.54, 1.807) is 5.32 Å². The highest BCUT2D eigenvalue weighted by atomic mass is 19.4. The van der Waals surface area contributed by atoms with Crippen molar-refractivity contribution in [1.82, 2.24) is 0 Å². The summed E-state index contributed by atoms with van der Waals surface area (Å²) in [6.45, 7) is 0.941. The van der Waals surface area contributed by atoms with Gasteiger partial charge in [0.2, 0.25) is 11.6 Å². The molecule has 0 unspecified atom stereocenters. The number of amides is 1. The van der Waals surface area contributed by atoms with Crippen LogP contribution in [0.25, 0.3) is 11.0 Å². The molecular weight excluding hydrogens is 452 g/mol. The number of halogens is 10. The summed E-state index contributed by atoms with van der Waals surface area (Å²) < 4.78 is 137. The topological polar surface area (TPSA) is 42.2 Å². The number of alkyl halides is 6. The van der Waals surface area contributed by atoms with E-state index in [4.69, 9.17) is 4.42 Å². The van der Waals surface area contributed by atoms with Crippen LogP contribution in [-0.4, -0.2) is 5.91 Å². The number of carbonyl (C=O) groups is 1. The van der Waals surface area contributed by atoms with Crippen LogP contribution >= 0.6 is 0 Å². The van der Waals surface area contributed by atoms with Crippen molar-refractivity contribution in [2.75, 3.05) is 5.32 Å². The van der Waals surface area contributed by atoms with Crippen molar-refractivity contribution in [2.45, 2.75) is 19.3 Å². The lowest BCUT2D eigenvalue weighted by atomic mass is 10.1. The van der Waals surface area contributed by atoms with Crippen LogP contribution in [0.2, 0.25) is 0 Å². The zero-order chi connectivity index (χ0) is 23.5. The van der Waals surface area contributed by atoms with Gasteiger partial charge in [0.05, 0.1) is 22.1 Å². The number of benzene rings is 2. The van der Waals surface area contributed by atoms with Gasteiger partial charge in [-0.25, -0.2) is 13.2 Å². The fourth-order valence-corrected chi connectivity index (χ4v) is 2.80. The number of furan rings is 1. The molecule has 0 aliphatic heterocycles. The summed E-state index contributed by atoms with van der Waals surface area (Å²) in [5.41, 5.74) is -6.65. The van der Waals surface area contributed by atoms with Gasteiger partial charge < -0.3 is 9.73 Å². The molecule has 0 saturated carbocycles. The SMILES string of the molecule is Cc1oc2c(F)c(F)c(F)c(F)c2c1C(=O)Nc1cc(C(F)(F)F)cc(C(F)(F)F)c1. The second-order valence-electron chi connectivity index (χ2n) is 6.24. The number of hydrogen-bond acceptors (Lipinski definition) is 2. The van der Waals surface area contributed by atoms with E-state index >= 15 is 0 Å². The van der Waals surface area contributed by atoms with Crippen LogP contribution in [0, 0.1) is 30.2 Å². The van der Waals surface area contributed by atoms with Gasteiger partial charge in [0.15, 0.2) is 17.2 Å². The van der Waals surface area contributed by atoms with E-state index in [0.717, 1.165) is 6.92 Å². The fourth-order valence-electron chi connectivity index (χ4n) is 2.80. The number of nitrogens with one attached hydrogen (secondary N) is 1. The molecule has 1 amide bonds. The summed E-state index contributed by atoms with van der Waals surface area (Å²) >= 11 is 0. The van der Waals surface area contributed by atoms with Gasteiger partial charge in [-0.05, 0) is 25.1 Å². The average Bonchev–Trinajstić information content (AvgIpc) is 3.00. The van der Waals surface area contributed by atoms with Gasteiger partial charge in [-0.2, -0.15) is 30.7 Å². The lowest BCUT2D eigenvalue weighted by molar-refractivity contribution is -0.143. The molecule has 3 aromatic rings. The molecule has 0 atom stereocenters. The predicted molar refractivity (Wildman–Crippen MR) is 85.2 cm³/mol. The minimum atomic E-state index is -5.21. The Morgan fingerprint density at radius 1 is 0.806 bits per heavy atom. The number of hydrogen-bond donors (Lipinski definition) is 1. The summed E-state index contributed by atoms with van der Waals surface area (Å²) in [5, 5.41) is 0.507. The zero-order valence-electron chi connectivity index (χ0n) is 14.8. The van der Waals surface area contributed by atoms with Gasteiger partial charge in [-0.15, -0.1) is 0 Å². The third-order valence-corrected chi connectivity index (χ3v) is 4.15. The Bertz CT molecular complexity index is 1170. The lowest BCUT2D eigenvalue weighted by Gasteiger charge is -2.14. The second-order valence-corrected chi connectivity index (χ2v) is 6.24. The Labute approximate surface area is 165 Å². The first-order valence-corrected chi connectivity index (χ1v) is 7.98. The number of rotatable bonds is 2. The summed E-state index contributed by atoms with van der Waals surface area (Å²) in [7, 11) is 0. The minimum absolute atomic E-state index is 0.169. The molecule has 0 spiro atoms. The van der Waals surface area contributed by atoms with Crippen LogP contribution in [0.1, 0.15) is 27.2 Å². The summed E-state index contributed by atoms with van der Waals surface area (Å²) in [5.74, 6) is -10.7. The molecule has 0 fully saturated rings. The largest absolute Gasteiger partial charge is 0.457 e. The van der Waals surface area contributed by atoms with Gasteiger partial charge in [0.25, 0.3) is 5.91 Å². The molecule has 3 nitrogen and oxygen atoms in total. The van der Waals surface area contributed by atoms with Gasteiger partial charge in [0.1, 0.15) is 5.76 Å². The van der Waals surface area contributed by atoms with Gasteiger partial charge >= 0.3 is 12.4 Å². The molecule has 31 heavy (non-hydrogen) atoms. The van der Waals surface area contributed by atoms with Crippen LogP contribution in [0.3, 0.4) is 0 Å². The zero-order valence-corrected chi connectivity index (χ0v) is 14.8. The van der Waals surface area contributed by atoms with Crippen LogP contribution in [-0.2, 0) is 12.4 Å². The second kappa shape index (κ2) is 7.17. The van der Waals surface area contributed by atoms with Crippen molar-refractivity contribution in [2.24, 2.45) is 0 Å². The number of anilines is 1. The molecule has 0 radical (unpaired) electrons. The van der Waals surface area contributed by atoms with Crippen molar-refractivity contribution < 1.29 is 53.1 Å². The first-order chi connectivity index (χ1) is 14.1. The van der Waals surface area contributed by atoms with Crippen molar-refractivity contribution in [3.63, 3.8) is 0 Å². The number of fused-ring (bicyclic) bond motifs is 1. The maximum atomic E-state index is 14.1. The Hall–Kier alpha value is -3.25. The molecule has 1 N–H and O–H groups in total. The predicted octanol–water partition coefficient (Wildman–Crippen LogP) is 6.59. The highest BCUT2D eigenvalue weighted by Crippen LogP contribution is 2.38. The molecule has 2 aromatic carbocycles. The average molecular weight is 459 g/mol. The molecule has 0 aliphatic carbocycles. The van der Waals surface area contributed by atoms with Crippen molar-refractivity contribution >= 4 is 22.6 Å². The van der Waals surface area contributed by atoms with Crippen molar-refractivity contribution in [3.05, 3.63) is 63.9 Å². The first kappa shape index (κ1) is 22.4. The van der Waals surface area contributed by atoms with Crippen LogP contribution in [0.4, 0.5) is 49.6 Å². The van der Waals surface area contributed by atoms with E-state index < -0.39 is 80.6 Å². The molecule has 0 aliphatic rings. The molecule has 166 valence electrons. The molecule has 0 saturated heterocycles. The van der Waals surface area contributed by atoms with E-state index in [1.807, 2.05) is 0 Å². The smallest absolute Gasteiger partial charge is 0.416 e. The van der Waals surface area contributed by atoms with E-state index in [9.17, 15) is 48.7 Å². The molecule has 1 heterocycles. The van der Waals surface area contributed by atoms with Crippen LogP contribution < -0.4 is 5.32 Å².